The van der Waals surface area contributed by atoms with Crippen molar-refractivity contribution in [2.75, 3.05) is 26.3 Å². The van der Waals surface area contributed by atoms with E-state index in [1.165, 1.54) is 12.8 Å². The van der Waals surface area contributed by atoms with E-state index in [9.17, 15) is 4.79 Å². The van der Waals surface area contributed by atoms with Crippen LogP contribution in [0.15, 0.2) is 24.3 Å². The molecule has 0 saturated carbocycles. The molecule has 0 aromatic heterocycles. The average molecular weight is 304 g/mol. The molecule has 2 aliphatic rings. The summed E-state index contributed by atoms with van der Waals surface area (Å²) in [5.74, 6) is 0.815. The lowest BCUT2D eigenvalue weighted by Gasteiger charge is -2.34. The SMILES string of the molecule is CCOc1cccc(CNC(=O)C2CN3CCCC3CO2)c1. The topological polar surface area (TPSA) is 50.8 Å². The van der Waals surface area contributed by atoms with Crippen molar-refractivity contribution in [1.29, 1.82) is 0 Å². The maximum atomic E-state index is 12.3. The first kappa shape index (κ1) is 15.3. The van der Waals surface area contributed by atoms with Crippen LogP contribution in [0.3, 0.4) is 0 Å². The van der Waals surface area contributed by atoms with Gasteiger partial charge in [-0.15, -0.1) is 0 Å². The van der Waals surface area contributed by atoms with Crippen molar-refractivity contribution in [2.24, 2.45) is 0 Å². The van der Waals surface area contributed by atoms with Crippen LogP contribution in [-0.2, 0) is 16.1 Å². The van der Waals surface area contributed by atoms with Crippen LogP contribution in [0.25, 0.3) is 0 Å². The monoisotopic (exact) mass is 304 g/mol. The van der Waals surface area contributed by atoms with E-state index in [4.69, 9.17) is 9.47 Å². The number of nitrogens with one attached hydrogen (secondary N) is 1. The molecular weight excluding hydrogens is 280 g/mol. The van der Waals surface area contributed by atoms with E-state index in [0.717, 1.165) is 24.4 Å². The highest BCUT2D eigenvalue weighted by Crippen LogP contribution is 2.22. The molecule has 22 heavy (non-hydrogen) atoms. The molecule has 5 nitrogen and oxygen atoms in total. The minimum atomic E-state index is -0.343. The Labute approximate surface area is 131 Å². The normalized spacial score (nSPS) is 24.8. The number of carbonyl (C=O) groups is 1. The predicted molar refractivity (Wildman–Crippen MR) is 83.8 cm³/mol. The lowest BCUT2D eigenvalue weighted by Crippen LogP contribution is -2.51. The van der Waals surface area contributed by atoms with E-state index < -0.39 is 0 Å². The fourth-order valence-electron chi connectivity index (χ4n) is 3.19. The third-order valence-electron chi connectivity index (χ3n) is 4.36. The first-order chi connectivity index (χ1) is 10.8. The molecule has 2 saturated heterocycles. The van der Waals surface area contributed by atoms with Crippen LogP contribution in [-0.4, -0.2) is 49.3 Å². The number of rotatable bonds is 5. The minimum absolute atomic E-state index is 0.0211. The molecule has 5 heteroatoms. The Morgan fingerprint density at radius 3 is 3.27 bits per heavy atom. The van der Waals surface area contributed by atoms with Crippen molar-refractivity contribution in [2.45, 2.75) is 38.5 Å². The summed E-state index contributed by atoms with van der Waals surface area (Å²) in [7, 11) is 0. The molecule has 2 unspecified atom stereocenters. The molecule has 2 heterocycles. The largest absolute Gasteiger partial charge is 0.494 e. The summed E-state index contributed by atoms with van der Waals surface area (Å²) in [6, 6.07) is 8.33. The second-order valence-corrected chi connectivity index (χ2v) is 5.91. The fraction of sp³-hybridized carbons (Fsp3) is 0.588. The molecule has 0 aliphatic carbocycles. The van der Waals surface area contributed by atoms with E-state index >= 15 is 0 Å². The van der Waals surface area contributed by atoms with Gasteiger partial charge in [-0.05, 0) is 44.0 Å². The van der Waals surface area contributed by atoms with Gasteiger partial charge in [-0.25, -0.2) is 0 Å². The highest BCUT2D eigenvalue weighted by atomic mass is 16.5. The highest BCUT2D eigenvalue weighted by Gasteiger charge is 2.35. The van der Waals surface area contributed by atoms with Crippen LogP contribution >= 0.6 is 0 Å². The maximum Gasteiger partial charge on any atom is 0.250 e. The van der Waals surface area contributed by atoms with E-state index in [1.807, 2.05) is 31.2 Å². The first-order valence-corrected chi connectivity index (χ1v) is 8.11. The second-order valence-electron chi connectivity index (χ2n) is 5.91. The van der Waals surface area contributed by atoms with Gasteiger partial charge in [0.2, 0.25) is 0 Å². The van der Waals surface area contributed by atoms with Gasteiger partial charge in [-0.3, -0.25) is 9.69 Å². The van der Waals surface area contributed by atoms with Crippen LogP contribution in [0.4, 0.5) is 0 Å². The Morgan fingerprint density at radius 2 is 2.41 bits per heavy atom. The molecule has 2 atom stereocenters. The lowest BCUT2D eigenvalue weighted by molar-refractivity contribution is -0.140. The maximum absolute atomic E-state index is 12.3. The average Bonchev–Trinajstić information content (AvgIpc) is 3.01. The van der Waals surface area contributed by atoms with Gasteiger partial charge in [0.05, 0.1) is 13.2 Å². The summed E-state index contributed by atoms with van der Waals surface area (Å²) in [6.45, 7) is 5.59. The minimum Gasteiger partial charge on any atom is -0.494 e. The summed E-state index contributed by atoms with van der Waals surface area (Å²) in [5, 5.41) is 2.97. The number of carbonyl (C=O) groups excluding carboxylic acids is 1. The van der Waals surface area contributed by atoms with Crippen molar-refractivity contribution in [3.63, 3.8) is 0 Å². The van der Waals surface area contributed by atoms with Crippen LogP contribution < -0.4 is 10.1 Å². The van der Waals surface area contributed by atoms with Crippen molar-refractivity contribution in [1.82, 2.24) is 10.2 Å². The zero-order valence-corrected chi connectivity index (χ0v) is 13.1. The molecule has 0 bridgehead atoms. The van der Waals surface area contributed by atoms with E-state index in [2.05, 4.69) is 10.2 Å². The molecule has 1 N–H and O–H groups in total. The Balaban J connectivity index is 1.50. The van der Waals surface area contributed by atoms with Crippen molar-refractivity contribution in [3.8, 4) is 5.75 Å². The van der Waals surface area contributed by atoms with E-state index in [0.29, 0.717) is 25.8 Å². The van der Waals surface area contributed by atoms with Gasteiger partial charge in [0.1, 0.15) is 11.9 Å². The molecule has 1 aromatic carbocycles. The number of ether oxygens (including phenoxy) is 2. The molecular formula is C17H24N2O3. The fourth-order valence-corrected chi connectivity index (χ4v) is 3.19. The number of nitrogens with zero attached hydrogens (tertiary/aromatic N) is 1. The van der Waals surface area contributed by atoms with Crippen molar-refractivity contribution >= 4 is 5.91 Å². The molecule has 0 radical (unpaired) electrons. The molecule has 1 aromatic rings. The number of morpholine rings is 1. The Kier molecular flexibility index (Phi) is 4.95. The van der Waals surface area contributed by atoms with Crippen LogP contribution in [0.2, 0.25) is 0 Å². The summed E-state index contributed by atoms with van der Waals surface area (Å²) in [5.41, 5.74) is 1.04. The number of amides is 1. The van der Waals surface area contributed by atoms with Crippen molar-refractivity contribution < 1.29 is 14.3 Å². The van der Waals surface area contributed by atoms with Gasteiger partial charge in [0.15, 0.2) is 0 Å². The zero-order valence-electron chi connectivity index (χ0n) is 13.1. The van der Waals surface area contributed by atoms with Gasteiger partial charge in [0, 0.05) is 19.1 Å². The Morgan fingerprint density at radius 1 is 1.50 bits per heavy atom. The first-order valence-electron chi connectivity index (χ1n) is 8.11. The standard InChI is InChI=1S/C17H24N2O3/c1-2-21-15-7-3-5-13(9-15)10-18-17(20)16-11-19-8-4-6-14(19)12-22-16/h3,5,7,9,14,16H,2,4,6,8,10-12H2,1H3,(H,18,20). The summed E-state index contributed by atoms with van der Waals surface area (Å²) in [4.78, 5) is 14.7. The molecule has 2 aliphatic heterocycles. The molecule has 2 fully saturated rings. The smallest absolute Gasteiger partial charge is 0.250 e. The van der Waals surface area contributed by atoms with Gasteiger partial charge < -0.3 is 14.8 Å². The van der Waals surface area contributed by atoms with Crippen LogP contribution in [0.5, 0.6) is 5.75 Å². The van der Waals surface area contributed by atoms with E-state index in [-0.39, 0.29) is 12.0 Å². The Hall–Kier alpha value is -1.59. The summed E-state index contributed by atoms with van der Waals surface area (Å²) in [6.07, 6.45) is 2.06. The summed E-state index contributed by atoms with van der Waals surface area (Å²) >= 11 is 0. The van der Waals surface area contributed by atoms with Crippen LogP contribution in [0, 0.1) is 0 Å². The predicted octanol–water partition coefficient (Wildman–Crippen LogP) is 1.56. The van der Waals surface area contributed by atoms with Crippen molar-refractivity contribution in [3.05, 3.63) is 29.8 Å². The number of fused-ring (bicyclic) bond motifs is 1. The number of hydrogen-bond acceptors (Lipinski definition) is 4. The zero-order chi connectivity index (χ0) is 15.4. The molecule has 120 valence electrons. The third-order valence-corrected chi connectivity index (χ3v) is 4.36. The van der Waals surface area contributed by atoms with Gasteiger partial charge >= 0.3 is 0 Å². The van der Waals surface area contributed by atoms with Crippen LogP contribution in [0.1, 0.15) is 25.3 Å². The van der Waals surface area contributed by atoms with Gasteiger partial charge in [-0.1, -0.05) is 12.1 Å². The second kappa shape index (κ2) is 7.11. The van der Waals surface area contributed by atoms with E-state index in [1.54, 1.807) is 0 Å². The lowest BCUT2D eigenvalue weighted by atomic mass is 10.1. The third kappa shape index (κ3) is 3.59. The quantitative estimate of drug-likeness (QED) is 0.897. The highest BCUT2D eigenvalue weighted by molar-refractivity contribution is 5.81. The van der Waals surface area contributed by atoms with Gasteiger partial charge in [-0.2, -0.15) is 0 Å². The number of hydrogen-bond donors (Lipinski definition) is 1. The van der Waals surface area contributed by atoms with Gasteiger partial charge in [0.25, 0.3) is 5.91 Å². The summed E-state index contributed by atoms with van der Waals surface area (Å²) < 4.78 is 11.2. The molecule has 1 amide bonds. The molecule has 0 spiro atoms. The molecule has 3 rings (SSSR count). The Bertz CT molecular complexity index is 520. The number of benzene rings is 1.